The smallest absolute Gasteiger partial charge is 0.288 e. The summed E-state index contributed by atoms with van der Waals surface area (Å²) >= 11 is 0. The number of pyridine rings is 1. The molecular weight excluding hydrogens is 368 g/mol. The number of aromatic amines is 1. The Morgan fingerprint density at radius 2 is 2.21 bits per heavy atom. The lowest BCUT2D eigenvalue weighted by Gasteiger charge is -2.36. The molecule has 0 spiro atoms. The number of hydrogen-bond acceptors (Lipinski definition) is 6. The maximum atomic E-state index is 12.5. The molecule has 0 saturated carbocycles. The van der Waals surface area contributed by atoms with Crippen molar-refractivity contribution in [3.63, 3.8) is 0 Å². The van der Waals surface area contributed by atoms with E-state index in [2.05, 4.69) is 25.9 Å². The molecule has 0 aromatic carbocycles. The van der Waals surface area contributed by atoms with Crippen LogP contribution in [0, 0.1) is 18.3 Å². The Labute approximate surface area is 165 Å². The minimum atomic E-state index is -0.414. The summed E-state index contributed by atoms with van der Waals surface area (Å²) in [4.78, 5) is 26.4. The molecule has 4 aromatic heterocycles. The SMILES string of the molecule is Cc1cccn2nc(C3c4nc[nH]c4CCN3c3cnc(C#N)c(=O)n3C)cc12. The highest BCUT2D eigenvalue weighted by Crippen LogP contribution is 2.36. The van der Waals surface area contributed by atoms with Gasteiger partial charge in [-0.2, -0.15) is 10.4 Å². The molecule has 9 heteroatoms. The van der Waals surface area contributed by atoms with Gasteiger partial charge in [0.25, 0.3) is 5.56 Å². The fraction of sp³-hybridized carbons (Fsp3) is 0.250. The second-order valence-electron chi connectivity index (χ2n) is 7.14. The fourth-order valence-corrected chi connectivity index (χ4v) is 4.00. The third kappa shape index (κ3) is 2.53. The number of H-pyrrole nitrogens is 1. The number of nitriles is 1. The molecule has 5 heterocycles. The third-order valence-electron chi connectivity index (χ3n) is 5.50. The molecule has 29 heavy (non-hydrogen) atoms. The lowest BCUT2D eigenvalue weighted by atomic mass is 9.99. The summed E-state index contributed by atoms with van der Waals surface area (Å²) in [5, 5.41) is 13.9. The van der Waals surface area contributed by atoms with Crippen LogP contribution < -0.4 is 10.5 Å². The Kier molecular flexibility index (Phi) is 3.74. The highest BCUT2D eigenvalue weighted by Gasteiger charge is 2.34. The summed E-state index contributed by atoms with van der Waals surface area (Å²) in [5.74, 6) is 0.626. The number of aryl methyl sites for hydroxylation is 1. The van der Waals surface area contributed by atoms with E-state index >= 15 is 0 Å². The van der Waals surface area contributed by atoms with E-state index in [1.54, 1.807) is 19.6 Å². The molecule has 144 valence electrons. The van der Waals surface area contributed by atoms with Crippen molar-refractivity contribution in [1.29, 1.82) is 5.26 Å². The summed E-state index contributed by atoms with van der Waals surface area (Å²) in [7, 11) is 1.66. The van der Waals surface area contributed by atoms with Crippen LogP contribution in [-0.4, -0.2) is 35.7 Å². The average Bonchev–Trinajstić information content (AvgIpc) is 3.37. The van der Waals surface area contributed by atoms with Gasteiger partial charge in [0.2, 0.25) is 5.69 Å². The van der Waals surface area contributed by atoms with Crippen molar-refractivity contribution in [3.8, 4) is 6.07 Å². The molecule has 1 N–H and O–H groups in total. The predicted octanol–water partition coefficient (Wildman–Crippen LogP) is 1.48. The topological polar surface area (TPSA) is 108 Å². The second-order valence-corrected chi connectivity index (χ2v) is 7.14. The summed E-state index contributed by atoms with van der Waals surface area (Å²) in [6, 6.07) is 7.65. The van der Waals surface area contributed by atoms with E-state index in [4.69, 9.17) is 10.4 Å². The first-order valence-corrected chi connectivity index (χ1v) is 9.28. The first-order valence-electron chi connectivity index (χ1n) is 9.28. The number of rotatable bonds is 2. The Hall–Kier alpha value is -3.93. The lowest BCUT2D eigenvalue weighted by Crippen LogP contribution is -2.40. The van der Waals surface area contributed by atoms with Crippen molar-refractivity contribution in [2.75, 3.05) is 11.4 Å². The van der Waals surface area contributed by atoms with Gasteiger partial charge in [-0.05, 0) is 24.6 Å². The van der Waals surface area contributed by atoms with Crippen LogP contribution in [0.15, 0.2) is 41.7 Å². The van der Waals surface area contributed by atoms with Gasteiger partial charge in [-0.3, -0.25) is 9.36 Å². The van der Waals surface area contributed by atoms with Crippen molar-refractivity contribution in [3.05, 3.63) is 75.6 Å². The standard InChI is InChI=1S/C20H18N8O/c1-12-4-3-6-28-16(12)8-14(25-28)19-18-13(23-11-24-18)5-7-27(19)17-10-22-15(9-21)20(29)26(17)2/h3-4,6,8,10-11,19H,5,7H2,1-2H3,(H,23,24). The molecular formula is C20H18N8O. The van der Waals surface area contributed by atoms with Crippen molar-refractivity contribution in [2.45, 2.75) is 19.4 Å². The number of nitrogens with zero attached hydrogens (tertiary/aromatic N) is 7. The Morgan fingerprint density at radius 3 is 3.00 bits per heavy atom. The quantitative estimate of drug-likeness (QED) is 0.559. The molecule has 1 atom stereocenters. The summed E-state index contributed by atoms with van der Waals surface area (Å²) in [5.41, 5.74) is 4.40. The molecule has 0 aliphatic carbocycles. The molecule has 1 aliphatic rings. The Morgan fingerprint density at radius 1 is 1.34 bits per heavy atom. The van der Waals surface area contributed by atoms with E-state index in [1.165, 1.54) is 4.57 Å². The number of aromatic nitrogens is 6. The average molecular weight is 386 g/mol. The van der Waals surface area contributed by atoms with E-state index in [0.717, 1.165) is 34.6 Å². The van der Waals surface area contributed by atoms with Crippen LogP contribution in [0.4, 0.5) is 5.82 Å². The first kappa shape index (κ1) is 17.2. The molecule has 0 fully saturated rings. The van der Waals surface area contributed by atoms with E-state index in [1.807, 2.05) is 35.8 Å². The molecule has 5 rings (SSSR count). The molecule has 0 bridgehead atoms. The van der Waals surface area contributed by atoms with E-state index in [0.29, 0.717) is 12.4 Å². The van der Waals surface area contributed by atoms with Crippen molar-refractivity contribution < 1.29 is 0 Å². The van der Waals surface area contributed by atoms with Crippen molar-refractivity contribution in [2.24, 2.45) is 7.05 Å². The minimum Gasteiger partial charge on any atom is -0.348 e. The van der Waals surface area contributed by atoms with Gasteiger partial charge in [-0.15, -0.1) is 0 Å². The molecule has 0 amide bonds. The normalized spacial score (nSPS) is 16.0. The molecule has 4 aromatic rings. The fourth-order valence-electron chi connectivity index (χ4n) is 4.00. The van der Waals surface area contributed by atoms with E-state index < -0.39 is 5.56 Å². The number of hydrogen-bond donors (Lipinski definition) is 1. The summed E-state index contributed by atoms with van der Waals surface area (Å²) < 4.78 is 3.33. The number of nitrogens with one attached hydrogen (secondary N) is 1. The van der Waals surface area contributed by atoms with Gasteiger partial charge in [0.1, 0.15) is 17.9 Å². The number of anilines is 1. The molecule has 1 aliphatic heterocycles. The molecule has 9 nitrogen and oxygen atoms in total. The lowest BCUT2D eigenvalue weighted by molar-refractivity contribution is 0.592. The van der Waals surface area contributed by atoms with Crippen LogP contribution in [0.25, 0.3) is 5.52 Å². The second kappa shape index (κ2) is 6.31. The molecule has 0 radical (unpaired) electrons. The Bertz CT molecular complexity index is 1340. The minimum absolute atomic E-state index is 0.117. The van der Waals surface area contributed by atoms with Gasteiger partial charge >= 0.3 is 0 Å². The zero-order valence-corrected chi connectivity index (χ0v) is 16.0. The maximum Gasteiger partial charge on any atom is 0.288 e. The Balaban J connectivity index is 1.71. The zero-order chi connectivity index (χ0) is 20.1. The van der Waals surface area contributed by atoms with Crippen molar-refractivity contribution in [1.82, 2.24) is 29.1 Å². The largest absolute Gasteiger partial charge is 0.348 e. The van der Waals surface area contributed by atoms with Gasteiger partial charge < -0.3 is 9.88 Å². The monoisotopic (exact) mass is 386 g/mol. The summed E-state index contributed by atoms with van der Waals surface area (Å²) in [6.07, 6.45) is 5.94. The van der Waals surface area contributed by atoms with Crippen LogP contribution >= 0.6 is 0 Å². The number of imidazole rings is 1. The van der Waals surface area contributed by atoms with E-state index in [-0.39, 0.29) is 11.7 Å². The summed E-state index contributed by atoms with van der Waals surface area (Å²) in [6.45, 7) is 2.71. The van der Waals surface area contributed by atoms with Crippen LogP contribution in [0.1, 0.15) is 34.4 Å². The number of fused-ring (bicyclic) bond motifs is 2. The maximum absolute atomic E-state index is 12.5. The van der Waals surface area contributed by atoms with Gasteiger partial charge in [-0.1, -0.05) is 6.07 Å². The van der Waals surface area contributed by atoms with Crippen LogP contribution in [0.2, 0.25) is 0 Å². The van der Waals surface area contributed by atoms with Crippen LogP contribution in [0.5, 0.6) is 0 Å². The highest BCUT2D eigenvalue weighted by molar-refractivity contribution is 5.57. The van der Waals surface area contributed by atoms with Gasteiger partial charge in [0, 0.05) is 31.9 Å². The van der Waals surface area contributed by atoms with E-state index in [9.17, 15) is 4.79 Å². The van der Waals surface area contributed by atoms with Gasteiger partial charge in [0.05, 0.1) is 29.4 Å². The highest BCUT2D eigenvalue weighted by atomic mass is 16.1. The zero-order valence-electron chi connectivity index (χ0n) is 16.0. The van der Waals surface area contributed by atoms with Crippen LogP contribution in [0.3, 0.4) is 0 Å². The first-order chi connectivity index (χ1) is 14.1. The molecule has 0 saturated heterocycles. The molecule has 1 unspecified atom stereocenters. The third-order valence-corrected chi connectivity index (χ3v) is 5.50. The van der Waals surface area contributed by atoms with Crippen molar-refractivity contribution >= 4 is 11.3 Å². The predicted molar refractivity (Wildman–Crippen MR) is 106 cm³/mol. The van der Waals surface area contributed by atoms with Crippen LogP contribution in [-0.2, 0) is 13.5 Å². The van der Waals surface area contributed by atoms with Gasteiger partial charge in [-0.25, -0.2) is 14.5 Å². The van der Waals surface area contributed by atoms with Gasteiger partial charge in [0.15, 0.2) is 0 Å².